The Labute approximate surface area is 195 Å². The average Bonchev–Trinajstić information content (AvgIpc) is 2.85. The molecule has 0 saturated carbocycles. The number of rotatable bonds is 6. The van der Waals surface area contributed by atoms with E-state index in [9.17, 15) is 9.90 Å². The molecule has 3 aromatic rings. The molecule has 0 amide bonds. The van der Waals surface area contributed by atoms with Crippen molar-refractivity contribution in [2.24, 2.45) is 0 Å². The fraction of sp³-hybridized carbons (Fsp3) is 0.370. The van der Waals surface area contributed by atoms with Crippen LogP contribution in [0.3, 0.4) is 0 Å². The summed E-state index contributed by atoms with van der Waals surface area (Å²) < 4.78 is 5.06. The Kier molecular flexibility index (Phi) is 7.16. The van der Waals surface area contributed by atoms with Crippen LogP contribution in [0.2, 0.25) is 0 Å². The summed E-state index contributed by atoms with van der Waals surface area (Å²) >= 11 is 0. The van der Waals surface area contributed by atoms with Crippen LogP contribution in [0.1, 0.15) is 75.3 Å². The summed E-state index contributed by atoms with van der Waals surface area (Å²) in [5.41, 5.74) is 6.52. The third-order valence-electron chi connectivity index (χ3n) is 6.60. The normalized spacial score (nSPS) is 18.8. The monoisotopic (exact) mass is 445 g/mol. The number of likely N-dealkylation sites (tertiary alicyclic amines) is 1. The molecule has 3 heterocycles. The molecular formula is C27H31N3O3. The minimum absolute atomic E-state index is 0.106. The summed E-state index contributed by atoms with van der Waals surface area (Å²) in [6.45, 7) is 4.63. The van der Waals surface area contributed by atoms with Gasteiger partial charge in [0.15, 0.2) is 0 Å². The number of piperidine rings is 1. The van der Waals surface area contributed by atoms with Gasteiger partial charge in [-0.25, -0.2) is 4.79 Å². The number of esters is 1. The Morgan fingerprint density at radius 3 is 2.15 bits per heavy atom. The number of pyridine rings is 2. The van der Waals surface area contributed by atoms with Gasteiger partial charge < -0.3 is 9.84 Å². The van der Waals surface area contributed by atoms with Crippen LogP contribution >= 0.6 is 0 Å². The van der Waals surface area contributed by atoms with Gasteiger partial charge in [0.1, 0.15) is 0 Å². The van der Waals surface area contributed by atoms with E-state index in [1.54, 1.807) is 6.07 Å². The zero-order valence-electron chi connectivity index (χ0n) is 19.5. The molecule has 6 nitrogen and oxygen atoms in total. The number of aryl methyl sites for hydroxylation is 2. The lowest BCUT2D eigenvalue weighted by Crippen LogP contribution is -2.38. The Hall–Kier alpha value is -3.09. The molecule has 0 radical (unpaired) electrons. The number of carbonyl (C=O) groups excluding carboxylic acids is 1. The third kappa shape index (κ3) is 4.82. The number of aromatic nitrogens is 2. The molecule has 0 aliphatic carbocycles. The maximum Gasteiger partial charge on any atom is 0.338 e. The van der Waals surface area contributed by atoms with E-state index >= 15 is 0 Å². The van der Waals surface area contributed by atoms with Crippen molar-refractivity contribution >= 4 is 5.97 Å². The Balaban J connectivity index is 1.81. The first-order valence-corrected chi connectivity index (χ1v) is 11.4. The van der Waals surface area contributed by atoms with Crippen LogP contribution in [0, 0.1) is 13.8 Å². The highest BCUT2D eigenvalue weighted by molar-refractivity contribution is 5.91. The predicted molar refractivity (Wildman–Crippen MR) is 127 cm³/mol. The van der Waals surface area contributed by atoms with Crippen LogP contribution < -0.4 is 0 Å². The number of benzene rings is 1. The average molecular weight is 446 g/mol. The van der Waals surface area contributed by atoms with Gasteiger partial charge in [-0.1, -0.05) is 24.3 Å². The molecule has 1 fully saturated rings. The number of aliphatic hydroxyl groups excluding tert-OH is 1. The fourth-order valence-corrected chi connectivity index (χ4v) is 4.91. The highest BCUT2D eigenvalue weighted by Crippen LogP contribution is 2.43. The molecule has 1 aliphatic heterocycles. The molecule has 0 spiro atoms. The van der Waals surface area contributed by atoms with Crippen LogP contribution in [0.4, 0.5) is 0 Å². The Morgan fingerprint density at radius 1 is 1.03 bits per heavy atom. The van der Waals surface area contributed by atoms with Gasteiger partial charge in [0.05, 0.1) is 42.8 Å². The van der Waals surface area contributed by atoms with E-state index in [2.05, 4.69) is 30.9 Å². The van der Waals surface area contributed by atoms with Gasteiger partial charge >= 0.3 is 5.97 Å². The molecule has 4 rings (SSSR count). The summed E-state index contributed by atoms with van der Waals surface area (Å²) in [7, 11) is 1.39. The number of hydrogen-bond acceptors (Lipinski definition) is 6. The lowest BCUT2D eigenvalue weighted by molar-refractivity contribution is 0.0574. The van der Waals surface area contributed by atoms with E-state index in [1.807, 2.05) is 36.7 Å². The fourth-order valence-electron chi connectivity index (χ4n) is 4.91. The van der Waals surface area contributed by atoms with Crippen molar-refractivity contribution in [3.05, 3.63) is 94.1 Å². The van der Waals surface area contributed by atoms with E-state index in [4.69, 9.17) is 14.7 Å². The van der Waals surface area contributed by atoms with E-state index in [0.717, 1.165) is 47.3 Å². The maximum absolute atomic E-state index is 12.6. The lowest BCUT2D eigenvalue weighted by atomic mass is 9.88. The Morgan fingerprint density at radius 2 is 1.64 bits per heavy atom. The van der Waals surface area contributed by atoms with Crippen LogP contribution in [-0.2, 0) is 17.9 Å². The first-order valence-electron chi connectivity index (χ1n) is 11.4. The molecule has 1 aromatic carbocycles. The Bertz CT molecular complexity index is 1080. The summed E-state index contributed by atoms with van der Waals surface area (Å²) in [6.07, 6.45) is 6.76. The number of ether oxygens (including phenoxy) is 1. The molecule has 1 saturated heterocycles. The van der Waals surface area contributed by atoms with Crippen molar-refractivity contribution in [1.82, 2.24) is 14.9 Å². The lowest BCUT2D eigenvalue weighted by Gasteiger charge is -2.42. The minimum Gasteiger partial charge on any atom is -0.465 e. The van der Waals surface area contributed by atoms with Gasteiger partial charge in [0, 0.05) is 18.9 Å². The zero-order chi connectivity index (χ0) is 23.4. The molecular weight excluding hydrogens is 414 g/mol. The van der Waals surface area contributed by atoms with E-state index < -0.39 is 5.97 Å². The summed E-state index contributed by atoms with van der Waals surface area (Å²) in [4.78, 5) is 24.6. The summed E-state index contributed by atoms with van der Waals surface area (Å²) in [5.74, 6) is -0.395. The van der Waals surface area contributed by atoms with Crippen molar-refractivity contribution in [1.29, 1.82) is 0 Å². The van der Waals surface area contributed by atoms with Crippen molar-refractivity contribution in [3.63, 3.8) is 0 Å². The molecule has 2 aromatic heterocycles. The van der Waals surface area contributed by atoms with Gasteiger partial charge in [0.2, 0.25) is 0 Å². The topological polar surface area (TPSA) is 75.6 Å². The number of nitrogens with zero attached hydrogens (tertiary/aromatic N) is 3. The van der Waals surface area contributed by atoms with Crippen molar-refractivity contribution < 1.29 is 14.6 Å². The molecule has 6 heteroatoms. The standard InChI is InChI=1S/C27H31N3O3/c1-18-7-5-13-28-25(18)23-9-4-10-24(26-19(2)8-6-14-29-26)30(23)16-21-12-11-20(17-31)15-22(21)27(32)33-3/h5-8,11-15,23-24,31H,4,9-10,16-17H2,1-3H3/t23-,24+. The second kappa shape index (κ2) is 10.2. The molecule has 172 valence electrons. The molecule has 2 atom stereocenters. The largest absolute Gasteiger partial charge is 0.465 e. The van der Waals surface area contributed by atoms with E-state index in [-0.39, 0.29) is 18.7 Å². The maximum atomic E-state index is 12.6. The highest BCUT2D eigenvalue weighted by Gasteiger charge is 2.36. The van der Waals surface area contributed by atoms with Crippen LogP contribution in [0.25, 0.3) is 0 Å². The van der Waals surface area contributed by atoms with Gasteiger partial charge in [-0.2, -0.15) is 0 Å². The van der Waals surface area contributed by atoms with Crippen molar-refractivity contribution in [2.75, 3.05) is 7.11 Å². The first-order chi connectivity index (χ1) is 16.0. The van der Waals surface area contributed by atoms with E-state index in [0.29, 0.717) is 17.7 Å². The zero-order valence-corrected chi connectivity index (χ0v) is 19.5. The summed E-state index contributed by atoms with van der Waals surface area (Å²) in [5, 5.41) is 9.59. The molecule has 0 unspecified atom stereocenters. The molecule has 1 aliphatic rings. The second-order valence-corrected chi connectivity index (χ2v) is 8.69. The van der Waals surface area contributed by atoms with Gasteiger partial charge in [-0.05, 0) is 73.6 Å². The summed E-state index contributed by atoms with van der Waals surface area (Å²) in [6, 6.07) is 13.9. The second-order valence-electron chi connectivity index (χ2n) is 8.69. The van der Waals surface area contributed by atoms with Crippen LogP contribution in [-0.4, -0.2) is 33.1 Å². The van der Waals surface area contributed by atoms with Gasteiger partial charge in [0.25, 0.3) is 0 Å². The van der Waals surface area contributed by atoms with Crippen LogP contribution in [0.15, 0.2) is 54.9 Å². The molecule has 1 N–H and O–H groups in total. The third-order valence-corrected chi connectivity index (χ3v) is 6.60. The smallest absolute Gasteiger partial charge is 0.338 e. The first kappa shape index (κ1) is 23.1. The van der Waals surface area contributed by atoms with E-state index in [1.165, 1.54) is 7.11 Å². The quantitative estimate of drug-likeness (QED) is 0.547. The van der Waals surface area contributed by atoms with Crippen molar-refractivity contribution in [2.45, 2.75) is 58.3 Å². The number of methoxy groups -OCH3 is 1. The number of carbonyl (C=O) groups is 1. The van der Waals surface area contributed by atoms with Crippen molar-refractivity contribution in [3.8, 4) is 0 Å². The SMILES string of the molecule is COC(=O)c1cc(CO)ccc1CN1[C@@H](c2ncccc2C)CCC[C@H]1c1ncccc1C. The van der Waals surface area contributed by atoms with Gasteiger partial charge in [-0.15, -0.1) is 0 Å². The molecule has 0 bridgehead atoms. The highest BCUT2D eigenvalue weighted by atomic mass is 16.5. The van der Waals surface area contributed by atoms with Gasteiger partial charge in [-0.3, -0.25) is 14.9 Å². The predicted octanol–water partition coefficient (Wildman–Crippen LogP) is 4.84. The molecule has 33 heavy (non-hydrogen) atoms. The van der Waals surface area contributed by atoms with Crippen LogP contribution in [0.5, 0.6) is 0 Å². The minimum atomic E-state index is -0.395. The number of hydrogen-bond donors (Lipinski definition) is 1. The number of aliphatic hydroxyl groups is 1.